The molecule has 4 heteroatoms. The SMILES string of the molecule is OC(CCCCN1Cc2ccccc2Oc2ccccc21)CN1CCCCC1. The summed E-state index contributed by atoms with van der Waals surface area (Å²) in [7, 11) is 0. The zero-order chi connectivity index (χ0) is 19.2. The Morgan fingerprint density at radius 3 is 2.50 bits per heavy atom. The number of rotatable bonds is 7. The van der Waals surface area contributed by atoms with E-state index in [2.05, 4.69) is 34.1 Å². The van der Waals surface area contributed by atoms with Gasteiger partial charge in [0.05, 0.1) is 11.8 Å². The first-order chi connectivity index (χ1) is 13.8. The lowest BCUT2D eigenvalue weighted by molar-refractivity contribution is 0.0929. The molecular weight excluding hydrogens is 348 g/mol. The van der Waals surface area contributed by atoms with E-state index < -0.39 is 0 Å². The third-order valence-electron chi connectivity index (χ3n) is 5.89. The zero-order valence-electron chi connectivity index (χ0n) is 16.7. The number of fused-ring (bicyclic) bond motifs is 2. The zero-order valence-corrected chi connectivity index (χ0v) is 16.7. The van der Waals surface area contributed by atoms with E-state index in [9.17, 15) is 5.11 Å². The van der Waals surface area contributed by atoms with Crippen LogP contribution >= 0.6 is 0 Å². The molecule has 0 saturated carbocycles. The largest absolute Gasteiger partial charge is 0.455 e. The predicted molar refractivity (Wildman–Crippen MR) is 114 cm³/mol. The van der Waals surface area contributed by atoms with Crippen LogP contribution in [0.1, 0.15) is 44.1 Å². The molecule has 2 aromatic carbocycles. The maximum absolute atomic E-state index is 10.4. The van der Waals surface area contributed by atoms with Gasteiger partial charge in [0.15, 0.2) is 5.75 Å². The highest BCUT2D eigenvalue weighted by molar-refractivity contribution is 5.62. The average molecular weight is 381 g/mol. The van der Waals surface area contributed by atoms with Crippen LogP contribution < -0.4 is 9.64 Å². The van der Waals surface area contributed by atoms with Crippen LogP contribution in [0, 0.1) is 0 Å². The summed E-state index contributed by atoms with van der Waals surface area (Å²) in [6.45, 7) is 4.99. The van der Waals surface area contributed by atoms with Gasteiger partial charge < -0.3 is 19.6 Å². The number of unbranched alkanes of at least 4 members (excludes halogenated alkanes) is 1. The van der Waals surface area contributed by atoms with Crippen molar-refractivity contribution < 1.29 is 9.84 Å². The molecule has 0 spiro atoms. The molecule has 1 atom stereocenters. The maximum atomic E-state index is 10.4. The van der Waals surface area contributed by atoms with Gasteiger partial charge in [-0.2, -0.15) is 0 Å². The fraction of sp³-hybridized carbons (Fsp3) is 0.500. The highest BCUT2D eigenvalue weighted by atomic mass is 16.5. The minimum atomic E-state index is -0.196. The minimum Gasteiger partial charge on any atom is -0.455 e. The maximum Gasteiger partial charge on any atom is 0.150 e. The van der Waals surface area contributed by atoms with E-state index in [1.165, 1.54) is 24.8 Å². The second-order valence-corrected chi connectivity index (χ2v) is 8.11. The van der Waals surface area contributed by atoms with Crippen molar-refractivity contribution in [1.29, 1.82) is 0 Å². The molecule has 2 aromatic rings. The van der Waals surface area contributed by atoms with Gasteiger partial charge in [-0.3, -0.25) is 0 Å². The van der Waals surface area contributed by atoms with Crippen molar-refractivity contribution in [3.63, 3.8) is 0 Å². The van der Waals surface area contributed by atoms with E-state index in [1.807, 2.05) is 24.3 Å². The number of aliphatic hydroxyl groups excluding tert-OH is 1. The fourth-order valence-electron chi connectivity index (χ4n) is 4.36. The molecule has 0 amide bonds. The quantitative estimate of drug-likeness (QED) is 0.699. The molecule has 2 heterocycles. The Hall–Kier alpha value is -2.04. The molecular formula is C24H32N2O2. The highest BCUT2D eigenvalue weighted by Gasteiger charge is 2.20. The summed E-state index contributed by atoms with van der Waals surface area (Å²) < 4.78 is 6.17. The van der Waals surface area contributed by atoms with Crippen molar-refractivity contribution in [2.75, 3.05) is 31.1 Å². The van der Waals surface area contributed by atoms with Crippen molar-refractivity contribution >= 4 is 5.69 Å². The van der Waals surface area contributed by atoms with Gasteiger partial charge >= 0.3 is 0 Å². The van der Waals surface area contributed by atoms with Gasteiger partial charge in [0.25, 0.3) is 0 Å². The smallest absolute Gasteiger partial charge is 0.150 e. The predicted octanol–water partition coefficient (Wildman–Crippen LogP) is 4.82. The van der Waals surface area contributed by atoms with E-state index in [4.69, 9.17) is 4.74 Å². The lowest BCUT2D eigenvalue weighted by Crippen LogP contribution is -2.36. The number of hydrogen-bond acceptors (Lipinski definition) is 4. The van der Waals surface area contributed by atoms with Gasteiger partial charge in [0.2, 0.25) is 0 Å². The van der Waals surface area contributed by atoms with Gasteiger partial charge in [-0.15, -0.1) is 0 Å². The molecule has 4 nitrogen and oxygen atoms in total. The molecule has 0 radical (unpaired) electrons. The third-order valence-corrected chi connectivity index (χ3v) is 5.89. The van der Waals surface area contributed by atoms with Crippen LogP contribution in [0.2, 0.25) is 0 Å². The monoisotopic (exact) mass is 380 g/mol. The Bertz CT molecular complexity index is 758. The van der Waals surface area contributed by atoms with Gasteiger partial charge in [-0.05, 0) is 63.4 Å². The summed E-state index contributed by atoms with van der Waals surface area (Å²) >= 11 is 0. The van der Waals surface area contributed by atoms with Crippen LogP contribution in [0.5, 0.6) is 11.5 Å². The van der Waals surface area contributed by atoms with Crippen molar-refractivity contribution in [1.82, 2.24) is 4.90 Å². The van der Waals surface area contributed by atoms with Crippen molar-refractivity contribution in [2.45, 2.75) is 51.2 Å². The first-order valence-electron chi connectivity index (χ1n) is 10.8. The van der Waals surface area contributed by atoms with Gasteiger partial charge in [0, 0.05) is 25.2 Å². The van der Waals surface area contributed by atoms with E-state index in [0.29, 0.717) is 0 Å². The Balaban J connectivity index is 1.31. The molecule has 1 fully saturated rings. The number of β-amino-alcohol motifs (C(OH)–C–C–N with tert-alkyl or cyclic N) is 1. The Labute approximate surface area is 168 Å². The molecule has 2 aliphatic heterocycles. The molecule has 0 bridgehead atoms. The van der Waals surface area contributed by atoms with Gasteiger partial charge in [0.1, 0.15) is 5.75 Å². The normalized spacial score (nSPS) is 18.0. The Morgan fingerprint density at radius 1 is 0.893 bits per heavy atom. The first kappa shape index (κ1) is 19.3. The Kier molecular flexibility index (Phi) is 6.50. The lowest BCUT2D eigenvalue weighted by atomic mass is 10.1. The average Bonchev–Trinajstić information content (AvgIpc) is 2.88. The van der Waals surface area contributed by atoms with Gasteiger partial charge in [-0.1, -0.05) is 36.8 Å². The summed E-state index contributed by atoms with van der Waals surface area (Å²) in [5.74, 6) is 1.88. The van der Waals surface area contributed by atoms with Crippen molar-refractivity contribution in [2.24, 2.45) is 0 Å². The second kappa shape index (κ2) is 9.44. The summed E-state index contributed by atoms with van der Waals surface area (Å²) in [6, 6.07) is 16.6. The van der Waals surface area contributed by atoms with Crippen LogP contribution in [0.3, 0.4) is 0 Å². The summed E-state index contributed by atoms with van der Waals surface area (Å²) in [6.07, 6.45) is 6.73. The standard InChI is InChI=1S/C24H32N2O2/c27-21(19-25-15-7-1-8-16-25)11-6-9-17-26-18-20-10-2-4-13-23(20)28-24-14-5-3-12-22(24)26/h2-5,10,12-14,21,27H,1,6-9,11,15-19H2. The van der Waals surface area contributed by atoms with Gasteiger partial charge in [-0.25, -0.2) is 0 Å². The lowest BCUT2D eigenvalue weighted by Gasteiger charge is -2.28. The molecule has 0 aromatic heterocycles. The molecule has 28 heavy (non-hydrogen) atoms. The van der Waals surface area contributed by atoms with E-state index >= 15 is 0 Å². The molecule has 1 unspecified atom stereocenters. The summed E-state index contributed by atoms with van der Waals surface area (Å²) in [4.78, 5) is 4.84. The topological polar surface area (TPSA) is 35.9 Å². The minimum absolute atomic E-state index is 0.196. The van der Waals surface area contributed by atoms with Crippen LogP contribution in [0.15, 0.2) is 48.5 Å². The van der Waals surface area contributed by atoms with E-state index in [-0.39, 0.29) is 6.10 Å². The second-order valence-electron chi connectivity index (χ2n) is 8.11. The number of piperidine rings is 1. The number of anilines is 1. The number of ether oxygens (including phenoxy) is 1. The molecule has 2 aliphatic rings. The van der Waals surface area contributed by atoms with E-state index in [0.717, 1.165) is 69.2 Å². The third kappa shape index (κ3) is 4.86. The number of nitrogens with zero attached hydrogens (tertiary/aromatic N) is 2. The molecule has 4 rings (SSSR count). The van der Waals surface area contributed by atoms with E-state index in [1.54, 1.807) is 0 Å². The number of benzene rings is 2. The van der Waals surface area contributed by atoms with Crippen LogP contribution in [0.4, 0.5) is 5.69 Å². The first-order valence-corrected chi connectivity index (χ1v) is 10.8. The number of para-hydroxylation sites is 3. The molecule has 150 valence electrons. The molecule has 1 N–H and O–H groups in total. The highest BCUT2D eigenvalue weighted by Crippen LogP contribution is 2.38. The number of likely N-dealkylation sites (tertiary alicyclic amines) is 1. The van der Waals surface area contributed by atoms with Crippen molar-refractivity contribution in [3.8, 4) is 11.5 Å². The van der Waals surface area contributed by atoms with Crippen LogP contribution in [0.25, 0.3) is 0 Å². The summed E-state index contributed by atoms with van der Waals surface area (Å²) in [5, 5.41) is 10.4. The molecule has 1 saturated heterocycles. The summed E-state index contributed by atoms with van der Waals surface area (Å²) in [5.41, 5.74) is 2.39. The van der Waals surface area contributed by atoms with Crippen LogP contribution in [-0.2, 0) is 6.54 Å². The molecule has 0 aliphatic carbocycles. The number of hydrogen-bond donors (Lipinski definition) is 1. The van der Waals surface area contributed by atoms with Crippen LogP contribution in [-0.4, -0.2) is 42.3 Å². The number of aliphatic hydroxyl groups is 1. The van der Waals surface area contributed by atoms with Crippen molar-refractivity contribution in [3.05, 3.63) is 54.1 Å². The fourth-order valence-corrected chi connectivity index (χ4v) is 4.36. The Morgan fingerprint density at radius 2 is 1.64 bits per heavy atom.